The zero-order valence-corrected chi connectivity index (χ0v) is 19.4. The third-order valence-corrected chi connectivity index (χ3v) is 7.60. The first-order chi connectivity index (χ1) is 17.0. The molecule has 11 heteroatoms. The highest BCUT2D eigenvalue weighted by Crippen LogP contribution is 2.34. The van der Waals surface area contributed by atoms with Crippen LogP contribution in [-0.4, -0.2) is 46.5 Å². The summed E-state index contributed by atoms with van der Waals surface area (Å²) in [6.45, 7) is 1.33. The number of nitrogens with one attached hydrogen (secondary N) is 2. The van der Waals surface area contributed by atoms with Crippen molar-refractivity contribution >= 4 is 46.3 Å². The number of thioether (sulfide) groups is 1. The van der Waals surface area contributed by atoms with Gasteiger partial charge in [0, 0.05) is 18.2 Å². The van der Waals surface area contributed by atoms with Crippen LogP contribution in [0.2, 0.25) is 0 Å². The number of nitrogens with zero attached hydrogens (tertiary/aromatic N) is 3. The molecule has 3 aliphatic heterocycles. The molecule has 3 aromatic rings. The van der Waals surface area contributed by atoms with Gasteiger partial charge in [-0.2, -0.15) is 0 Å². The first-order valence-electron chi connectivity index (χ1n) is 11.4. The highest BCUT2D eigenvalue weighted by Gasteiger charge is 2.34. The van der Waals surface area contributed by atoms with Crippen LogP contribution in [0.25, 0.3) is 10.9 Å². The summed E-state index contributed by atoms with van der Waals surface area (Å²) in [7, 11) is 0. The van der Waals surface area contributed by atoms with Crippen LogP contribution in [0.5, 0.6) is 0 Å². The van der Waals surface area contributed by atoms with E-state index in [-0.39, 0.29) is 29.4 Å². The van der Waals surface area contributed by atoms with Gasteiger partial charge in [-0.05, 0) is 55.1 Å². The molecule has 180 valence electrons. The second kappa shape index (κ2) is 8.65. The lowest BCUT2D eigenvalue weighted by molar-refractivity contribution is -0.113. The predicted molar refractivity (Wildman–Crippen MR) is 129 cm³/mol. The molecule has 1 aromatic carbocycles. The van der Waals surface area contributed by atoms with E-state index in [0.29, 0.717) is 60.9 Å². The molecule has 1 fully saturated rings. The molecule has 3 aliphatic rings. The molecule has 2 amide bonds. The smallest absolute Gasteiger partial charge is 0.415 e. The van der Waals surface area contributed by atoms with E-state index in [2.05, 4.69) is 15.6 Å². The number of pyridine rings is 2. The Hall–Kier alpha value is -3.44. The SMILES string of the molecule is O=C1CSc2ccc(N3C[C@H](CCCN[C@@H]4Cn5c(=O)ccc6ccc(F)c4c65)OC3=O)nc2N1. The number of aromatic nitrogens is 2. The van der Waals surface area contributed by atoms with Crippen molar-refractivity contribution in [3.8, 4) is 0 Å². The van der Waals surface area contributed by atoms with Gasteiger partial charge in [0.15, 0.2) is 0 Å². The standard InChI is InChI=1S/C24H22FN5O4S/c25-15-5-3-13-4-8-20(32)30-11-16(21(15)22(13)30)26-9-1-2-14-10-29(24(33)34-14)18-7-6-17-23(27-18)28-19(31)12-35-17/h3-8,14,16,26H,1-2,9-12H2,(H,27,28,31)/t14-,16+/m0/s1. The van der Waals surface area contributed by atoms with Crippen LogP contribution in [0, 0.1) is 5.82 Å². The molecule has 5 heterocycles. The monoisotopic (exact) mass is 495 g/mol. The van der Waals surface area contributed by atoms with Gasteiger partial charge < -0.3 is 19.9 Å². The second-order valence-corrected chi connectivity index (χ2v) is 9.82. The van der Waals surface area contributed by atoms with E-state index in [4.69, 9.17) is 4.74 Å². The van der Waals surface area contributed by atoms with Gasteiger partial charge in [0.1, 0.15) is 23.6 Å². The summed E-state index contributed by atoms with van der Waals surface area (Å²) >= 11 is 1.41. The molecular formula is C24H22FN5O4S. The van der Waals surface area contributed by atoms with Crippen molar-refractivity contribution in [1.82, 2.24) is 14.9 Å². The van der Waals surface area contributed by atoms with Crippen LogP contribution in [0.15, 0.2) is 46.1 Å². The first kappa shape index (κ1) is 22.1. The van der Waals surface area contributed by atoms with Gasteiger partial charge in [0.05, 0.1) is 28.8 Å². The molecule has 1 saturated heterocycles. The average molecular weight is 496 g/mol. The molecule has 0 bridgehead atoms. The normalized spacial score (nSPS) is 20.8. The van der Waals surface area contributed by atoms with E-state index in [0.717, 1.165) is 10.3 Å². The zero-order valence-electron chi connectivity index (χ0n) is 18.6. The number of hydrogen-bond donors (Lipinski definition) is 2. The zero-order chi connectivity index (χ0) is 24.1. The van der Waals surface area contributed by atoms with Crippen molar-refractivity contribution in [2.75, 3.05) is 29.1 Å². The Labute approximate surface area is 203 Å². The Bertz CT molecular complexity index is 1430. The van der Waals surface area contributed by atoms with Crippen molar-refractivity contribution in [1.29, 1.82) is 0 Å². The maximum absolute atomic E-state index is 14.6. The molecular weight excluding hydrogens is 473 g/mol. The predicted octanol–water partition coefficient (Wildman–Crippen LogP) is 3.03. The Balaban J connectivity index is 1.06. The van der Waals surface area contributed by atoms with E-state index in [1.165, 1.54) is 28.8 Å². The molecule has 2 atom stereocenters. The van der Waals surface area contributed by atoms with E-state index < -0.39 is 6.09 Å². The van der Waals surface area contributed by atoms with Crippen molar-refractivity contribution in [3.63, 3.8) is 0 Å². The summed E-state index contributed by atoms with van der Waals surface area (Å²) in [5.41, 5.74) is 1.05. The quantitative estimate of drug-likeness (QED) is 0.507. The molecule has 0 spiro atoms. The fraction of sp³-hybridized carbons (Fsp3) is 0.333. The summed E-state index contributed by atoms with van der Waals surface area (Å²) in [6, 6.07) is 9.68. The van der Waals surface area contributed by atoms with E-state index in [9.17, 15) is 18.8 Å². The Morgan fingerprint density at radius 1 is 1.14 bits per heavy atom. The fourth-order valence-electron chi connectivity index (χ4n) is 4.92. The Morgan fingerprint density at radius 2 is 2.00 bits per heavy atom. The number of cyclic esters (lactones) is 1. The van der Waals surface area contributed by atoms with Gasteiger partial charge in [-0.1, -0.05) is 0 Å². The average Bonchev–Trinajstić information content (AvgIpc) is 3.42. The van der Waals surface area contributed by atoms with Gasteiger partial charge >= 0.3 is 6.09 Å². The largest absolute Gasteiger partial charge is 0.444 e. The topological polar surface area (TPSA) is 106 Å². The number of fused-ring (bicyclic) bond motifs is 1. The number of amides is 2. The van der Waals surface area contributed by atoms with Gasteiger partial charge in [0.2, 0.25) is 5.91 Å². The van der Waals surface area contributed by atoms with Crippen LogP contribution in [0.4, 0.5) is 20.8 Å². The number of carbonyl (C=O) groups is 2. The minimum Gasteiger partial charge on any atom is -0.444 e. The number of ether oxygens (including phenoxy) is 1. The number of hydrogen-bond acceptors (Lipinski definition) is 7. The van der Waals surface area contributed by atoms with Crippen molar-refractivity contribution in [3.05, 3.63) is 58.1 Å². The third kappa shape index (κ3) is 3.94. The third-order valence-electron chi connectivity index (χ3n) is 6.55. The summed E-state index contributed by atoms with van der Waals surface area (Å²) in [6.07, 6.45) is 0.563. The molecule has 2 aromatic heterocycles. The maximum atomic E-state index is 14.6. The minimum atomic E-state index is -0.468. The van der Waals surface area contributed by atoms with Crippen LogP contribution in [-0.2, 0) is 16.1 Å². The lowest BCUT2D eigenvalue weighted by Gasteiger charge is -2.18. The molecule has 0 radical (unpaired) electrons. The fourth-order valence-corrected chi connectivity index (χ4v) is 5.68. The maximum Gasteiger partial charge on any atom is 0.415 e. The Morgan fingerprint density at radius 3 is 2.89 bits per heavy atom. The summed E-state index contributed by atoms with van der Waals surface area (Å²) in [5, 5.41) is 6.94. The van der Waals surface area contributed by atoms with Crippen LogP contribution in [0.1, 0.15) is 24.4 Å². The van der Waals surface area contributed by atoms with Gasteiger partial charge in [-0.25, -0.2) is 14.2 Å². The van der Waals surface area contributed by atoms with Gasteiger partial charge in [-0.15, -0.1) is 11.8 Å². The highest BCUT2D eigenvalue weighted by molar-refractivity contribution is 8.00. The molecule has 9 nitrogen and oxygen atoms in total. The van der Waals surface area contributed by atoms with E-state index in [1.807, 2.05) is 6.07 Å². The number of benzene rings is 1. The highest BCUT2D eigenvalue weighted by atomic mass is 32.2. The van der Waals surface area contributed by atoms with Crippen LogP contribution in [0.3, 0.4) is 0 Å². The van der Waals surface area contributed by atoms with E-state index in [1.54, 1.807) is 22.8 Å². The Kier molecular flexibility index (Phi) is 5.45. The molecule has 0 saturated carbocycles. The summed E-state index contributed by atoms with van der Waals surface area (Å²) in [5.74, 6) is 0.812. The lowest BCUT2D eigenvalue weighted by atomic mass is 10.1. The number of rotatable bonds is 6. The molecule has 0 unspecified atom stereocenters. The molecule has 2 N–H and O–H groups in total. The molecule has 6 rings (SSSR count). The van der Waals surface area contributed by atoms with Gasteiger partial charge in [0.25, 0.3) is 5.56 Å². The van der Waals surface area contributed by atoms with Gasteiger partial charge in [-0.3, -0.25) is 14.5 Å². The van der Waals surface area contributed by atoms with Crippen molar-refractivity contribution in [2.45, 2.75) is 36.4 Å². The number of anilines is 2. The molecule has 35 heavy (non-hydrogen) atoms. The summed E-state index contributed by atoms with van der Waals surface area (Å²) in [4.78, 5) is 43.1. The number of carbonyl (C=O) groups excluding carboxylic acids is 2. The molecule has 0 aliphatic carbocycles. The minimum absolute atomic E-state index is 0.118. The second-order valence-electron chi connectivity index (χ2n) is 8.80. The number of halogens is 1. The van der Waals surface area contributed by atoms with Crippen LogP contribution >= 0.6 is 11.8 Å². The van der Waals surface area contributed by atoms with Crippen molar-refractivity contribution in [2.24, 2.45) is 0 Å². The first-order valence-corrected chi connectivity index (χ1v) is 12.4. The van der Waals surface area contributed by atoms with E-state index >= 15 is 0 Å². The van der Waals surface area contributed by atoms with Crippen molar-refractivity contribution < 1.29 is 18.7 Å². The lowest BCUT2D eigenvalue weighted by Crippen LogP contribution is -2.28. The van der Waals surface area contributed by atoms with Crippen LogP contribution < -0.4 is 21.1 Å². The summed E-state index contributed by atoms with van der Waals surface area (Å²) < 4.78 is 21.8.